The molecule has 0 saturated carbocycles. The molecule has 0 nitrogen and oxygen atoms in total. The summed E-state index contributed by atoms with van der Waals surface area (Å²) in [7, 11) is 0. The zero-order valence-corrected chi connectivity index (χ0v) is 6.24. The number of hydrogen-bond donors (Lipinski definition) is 0. The van der Waals surface area contributed by atoms with Crippen LogP contribution in [0.3, 0.4) is 0 Å². The highest BCUT2D eigenvalue weighted by Gasteiger charge is 1.58. The van der Waals surface area contributed by atoms with Gasteiger partial charge in [-0.2, -0.15) is 11.3 Å². The lowest BCUT2D eigenvalue weighted by Crippen LogP contribution is -1.27. The van der Waals surface area contributed by atoms with Crippen LogP contribution in [0.5, 0.6) is 0 Å². The summed E-state index contributed by atoms with van der Waals surface area (Å²) in [5, 5.41) is 4.08. The molecule has 1 aromatic rings. The van der Waals surface area contributed by atoms with Gasteiger partial charge in [0.05, 0.1) is 0 Å². The minimum Gasteiger partial charge on any atom is -0.152 e. The van der Waals surface area contributed by atoms with E-state index in [9.17, 15) is 0 Å². The first kappa shape index (κ1) is 7.70. The molecule has 1 rings (SSSR count). The van der Waals surface area contributed by atoms with E-state index in [1.807, 2.05) is 22.9 Å². The third-order valence-corrected chi connectivity index (χ3v) is 1.05. The average Bonchev–Trinajstić information content (AvgIpc) is 2.17. The van der Waals surface area contributed by atoms with Crippen molar-refractivity contribution in [1.82, 2.24) is 0 Å². The Labute approximate surface area is 55.2 Å². The van der Waals surface area contributed by atoms with Gasteiger partial charge in [-0.3, -0.25) is 0 Å². The van der Waals surface area contributed by atoms with Gasteiger partial charge in [0.1, 0.15) is 0 Å². The molecule has 0 amide bonds. The minimum atomic E-state index is 1.25. The van der Waals surface area contributed by atoms with Crippen LogP contribution in [0, 0.1) is 0 Å². The quantitative estimate of drug-likeness (QED) is 0.503. The summed E-state index contributed by atoms with van der Waals surface area (Å²) in [6.07, 6.45) is 1.25. The Kier molecular flexibility index (Phi) is 6.45. The first-order valence-electron chi connectivity index (χ1n) is 2.89. The summed E-state index contributed by atoms with van der Waals surface area (Å²) in [6, 6.07) is 4.04. The smallest absolute Gasteiger partial charge is 0.00934 e. The molecule has 1 aromatic heterocycles. The summed E-state index contributed by atoms with van der Waals surface area (Å²) in [5.74, 6) is 0. The molecule has 0 bridgehead atoms. The van der Waals surface area contributed by atoms with E-state index < -0.39 is 0 Å². The summed E-state index contributed by atoms with van der Waals surface area (Å²) < 4.78 is 0. The van der Waals surface area contributed by atoms with Gasteiger partial charge < -0.3 is 0 Å². The second-order valence-electron chi connectivity index (χ2n) is 1.50. The predicted octanol–water partition coefficient (Wildman–Crippen LogP) is 3.16. The van der Waals surface area contributed by atoms with Crippen molar-refractivity contribution in [2.24, 2.45) is 0 Å². The largest absolute Gasteiger partial charge is 0.152 e. The maximum atomic E-state index is 2.12. The first-order chi connectivity index (χ1) is 3.91. The van der Waals surface area contributed by atoms with Crippen LogP contribution in [-0.4, -0.2) is 0 Å². The van der Waals surface area contributed by atoms with E-state index in [1.165, 1.54) is 6.42 Å². The van der Waals surface area contributed by atoms with Crippen LogP contribution in [0.2, 0.25) is 0 Å². The highest BCUT2D eigenvalue weighted by atomic mass is 32.1. The van der Waals surface area contributed by atoms with E-state index in [1.54, 1.807) is 11.3 Å². The Morgan fingerprint density at radius 2 is 1.50 bits per heavy atom. The second-order valence-corrected chi connectivity index (χ2v) is 2.32. The first-order valence-corrected chi connectivity index (χ1v) is 3.83. The maximum Gasteiger partial charge on any atom is -0.00934 e. The van der Waals surface area contributed by atoms with Crippen molar-refractivity contribution in [3.63, 3.8) is 0 Å². The number of rotatable bonds is 0. The van der Waals surface area contributed by atoms with Gasteiger partial charge in [0.25, 0.3) is 0 Å². The van der Waals surface area contributed by atoms with Crippen molar-refractivity contribution in [2.45, 2.75) is 20.3 Å². The molecule has 0 radical (unpaired) electrons. The molecular weight excluding hydrogens is 116 g/mol. The summed E-state index contributed by atoms with van der Waals surface area (Å²) in [5.41, 5.74) is 0. The Morgan fingerprint density at radius 3 is 1.62 bits per heavy atom. The molecule has 0 aliphatic heterocycles. The van der Waals surface area contributed by atoms with Gasteiger partial charge in [-0.15, -0.1) is 0 Å². The van der Waals surface area contributed by atoms with Gasteiger partial charge in [0.15, 0.2) is 0 Å². The highest BCUT2D eigenvalue weighted by Crippen LogP contribution is 1.91. The van der Waals surface area contributed by atoms with Crippen molar-refractivity contribution < 1.29 is 0 Å². The van der Waals surface area contributed by atoms with E-state index in [0.29, 0.717) is 0 Å². The van der Waals surface area contributed by atoms with E-state index in [4.69, 9.17) is 0 Å². The number of hydrogen-bond acceptors (Lipinski definition) is 1. The van der Waals surface area contributed by atoms with Crippen LogP contribution in [-0.2, 0) is 0 Å². The van der Waals surface area contributed by atoms with Gasteiger partial charge in [-0.25, -0.2) is 0 Å². The lowest BCUT2D eigenvalue weighted by Gasteiger charge is -1.48. The Balaban J connectivity index is 0.000000145. The van der Waals surface area contributed by atoms with Crippen LogP contribution in [0.1, 0.15) is 20.3 Å². The van der Waals surface area contributed by atoms with E-state index in [-0.39, 0.29) is 0 Å². The molecule has 0 aromatic carbocycles. The normalized spacial score (nSPS) is 7.25. The van der Waals surface area contributed by atoms with Gasteiger partial charge in [-0.1, -0.05) is 32.4 Å². The predicted molar refractivity (Wildman–Crippen MR) is 40.3 cm³/mol. The van der Waals surface area contributed by atoms with Crippen LogP contribution in [0.15, 0.2) is 22.9 Å². The van der Waals surface area contributed by atoms with Crippen molar-refractivity contribution in [2.75, 3.05) is 0 Å². The van der Waals surface area contributed by atoms with Crippen LogP contribution < -0.4 is 0 Å². The van der Waals surface area contributed by atoms with Gasteiger partial charge in [0, 0.05) is 0 Å². The fraction of sp³-hybridized carbons (Fsp3) is 0.429. The molecule has 0 spiro atoms. The SMILES string of the molecule is CCC.c1ccsc1. The van der Waals surface area contributed by atoms with Gasteiger partial charge in [0.2, 0.25) is 0 Å². The molecule has 8 heavy (non-hydrogen) atoms. The van der Waals surface area contributed by atoms with Crippen LogP contribution in [0.25, 0.3) is 0 Å². The maximum absolute atomic E-state index is 2.12. The van der Waals surface area contributed by atoms with Gasteiger partial charge in [-0.05, 0) is 10.8 Å². The third-order valence-electron chi connectivity index (χ3n) is 0.425. The molecule has 0 aliphatic rings. The van der Waals surface area contributed by atoms with Crippen molar-refractivity contribution in [3.8, 4) is 0 Å². The molecular formula is C7H12S. The standard InChI is InChI=1S/C4H4S.C3H8/c1-2-4-5-3-1;1-3-2/h1-4H;3H2,1-2H3. The zero-order valence-electron chi connectivity index (χ0n) is 5.42. The monoisotopic (exact) mass is 128 g/mol. The fourth-order valence-corrected chi connectivity index (χ4v) is 0.680. The lowest BCUT2D eigenvalue weighted by atomic mass is 10.6. The molecule has 46 valence electrons. The van der Waals surface area contributed by atoms with Crippen LogP contribution >= 0.6 is 11.3 Å². The Morgan fingerprint density at radius 1 is 1.12 bits per heavy atom. The summed E-state index contributed by atoms with van der Waals surface area (Å²) in [4.78, 5) is 0. The second kappa shape index (κ2) is 6.70. The van der Waals surface area contributed by atoms with E-state index in [0.717, 1.165) is 0 Å². The average molecular weight is 128 g/mol. The minimum absolute atomic E-state index is 1.25. The molecule has 1 heteroatoms. The van der Waals surface area contributed by atoms with Crippen molar-refractivity contribution in [1.29, 1.82) is 0 Å². The van der Waals surface area contributed by atoms with Crippen molar-refractivity contribution in [3.05, 3.63) is 22.9 Å². The molecule has 0 aliphatic carbocycles. The topological polar surface area (TPSA) is 0 Å². The summed E-state index contributed by atoms with van der Waals surface area (Å²) >= 11 is 1.71. The summed E-state index contributed by atoms with van der Waals surface area (Å²) in [6.45, 7) is 4.25. The van der Waals surface area contributed by atoms with Gasteiger partial charge >= 0.3 is 0 Å². The Hall–Kier alpha value is -0.300. The molecule has 0 saturated heterocycles. The van der Waals surface area contributed by atoms with E-state index in [2.05, 4.69) is 13.8 Å². The molecule has 0 atom stereocenters. The highest BCUT2D eigenvalue weighted by molar-refractivity contribution is 7.07. The lowest BCUT2D eigenvalue weighted by molar-refractivity contribution is 1.09. The zero-order chi connectivity index (χ0) is 6.24. The van der Waals surface area contributed by atoms with Crippen molar-refractivity contribution >= 4 is 11.3 Å². The number of thiophene rings is 1. The molecule has 0 fully saturated rings. The third kappa shape index (κ3) is 5.70. The fourth-order valence-electron chi connectivity index (χ4n) is 0.227. The molecule has 0 unspecified atom stereocenters. The molecule has 0 N–H and O–H groups in total. The van der Waals surface area contributed by atoms with E-state index >= 15 is 0 Å². The Bertz CT molecular complexity index is 71.3. The molecule has 1 heterocycles. The van der Waals surface area contributed by atoms with Crippen LogP contribution in [0.4, 0.5) is 0 Å².